The van der Waals surface area contributed by atoms with Crippen molar-refractivity contribution in [2.24, 2.45) is 17.1 Å². The summed E-state index contributed by atoms with van der Waals surface area (Å²) in [6.07, 6.45) is 5.76. The molecule has 3 heteroatoms. The molecule has 1 saturated heterocycles. The molecule has 1 saturated carbocycles. The summed E-state index contributed by atoms with van der Waals surface area (Å²) >= 11 is 0. The minimum Gasteiger partial charge on any atom is -0.324 e. The quantitative estimate of drug-likeness (QED) is 0.812. The summed E-state index contributed by atoms with van der Waals surface area (Å²) in [5.74, 6) is 0.954. The van der Waals surface area contributed by atoms with Crippen LogP contribution >= 0.6 is 12.4 Å². The zero-order chi connectivity index (χ0) is 11.1. The Hall–Kier alpha value is 0.210. The highest BCUT2D eigenvalue weighted by molar-refractivity contribution is 5.85. The second-order valence-corrected chi connectivity index (χ2v) is 6.80. The Morgan fingerprint density at radius 2 is 2.06 bits per heavy atom. The van der Waals surface area contributed by atoms with Gasteiger partial charge in [0.05, 0.1) is 0 Å². The van der Waals surface area contributed by atoms with Crippen LogP contribution < -0.4 is 5.73 Å². The van der Waals surface area contributed by atoms with Crippen LogP contribution in [0.4, 0.5) is 0 Å². The number of likely N-dealkylation sites (tertiary alicyclic amines) is 1. The van der Waals surface area contributed by atoms with Gasteiger partial charge in [-0.3, -0.25) is 0 Å². The van der Waals surface area contributed by atoms with E-state index in [0.29, 0.717) is 5.41 Å². The maximum Gasteiger partial charge on any atom is 0.0226 e. The average Bonchev–Trinajstić information content (AvgIpc) is 2.58. The van der Waals surface area contributed by atoms with Crippen molar-refractivity contribution in [1.29, 1.82) is 0 Å². The number of rotatable bonds is 2. The van der Waals surface area contributed by atoms with Crippen LogP contribution in [0.2, 0.25) is 0 Å². The normalized spacial score (nSPS) is 35.6. The predicted octanol–water partition coefficient (Wildman–Crippen LogP) is 2.66. The van der Waals surface area contributed by atoms with Gasteiger partial charge in [0.2, 0.25) is 0 Å². The number of hydrogen-bond donors (Lipinski definition) is 1. The molecule has 0 aromatic rings. The van der Waals surface area contributed by atoms with E-state index < -0.39 is 0 Å². The number of nitrogens with two attached hydrogens (primary N) is 1. The Morgan fingerprint density at radius 3 is 2.56 bits per heavy atom. The first-order valence-corrected chi connectivity index (χ1v) is 6.40. The molecule has 0 aromatic carbocycles. The summed E-state index contributed by atoms with van der Waals surface area (Å²) < 4.78 is 0. The van der Waals surface area contributed by atoms with Crippen LogP contribution in [-0.2, 0) is 0 Å². The lowest BCUT2D eigenvalue weighted by molar-refractivity contribution is 0.225. The summed E-state index contributed by atoms with van der Waals surface area (Å²) in [7, 11) is 0. The highest BCUT2D eigenvalue weighted by Crippen LogP contribution is 2.47. The Balaban J connectivity index is 0.00000128. The largest absolute Gasteiger partial charge is 0.324 e. The molecule has 2 rings (SSSR count). The van der Waals surface area contributed by atoms with E-state index in [1.165, 1.54) is 38.8 Å². The fourth-order valence-corrected chi connectivity index (χ4v) is 3.61. The fraction of sp³-hybridized carbons (Fsp3) is 1.00. The lowest BCUT2D eigenvalue weighted by Gasteiger charge is -2.28. The molecule has 2 nitrogen and oxygen atoms in total. The van der Waals surface area contributed by atoms with Crippen LogP contribution in [0, 0.1) is 11.3 Å². The molecule has 2 N–H and O–H groups in total. The summed E-state index contributed by atoms with van der Waals surface area (Å²) in [5.41, 5.74) is 6.73. The lowest BCUT2D eigenvalue weighted by Crippen LogP contribution is -2.45. The molecule has 0 radical (unpaired) electrons. The van der Waals surface area contributed by atoms with Gasteiger partial charge >= 0.3 is 0 Å². The first kappa shape index (κ1) is 14.3. The van der Waals surface area contributed by atoms with Crippen LogP contribution in [0.5, 0.6) is 0 Å². The zero-order valence-corrected chi connectivity index (χ0v) is 11.8. The molecule has 2 fully saturated rings. The molecule has 96 valence electrons. The van der Waals surface area contributed by atoms with E-state index in [0.717, 1.165) is 12.5 Å². The van der Waals surface area contributed by atoms with Gasteiger partial charge in [-0.2, -0.15) is 0 Å². The molecule has 1 spiro atoms. The fourth-order valence-electron chi connectivity index (χ4n) is 3.61. The molecular formula is C13H27ClN2. The van der Waals surface area contributed by atoms with Crippen molar-refractivity contribution in [3.05, 3.63) is 0 Å². The van der Waals surface area contributed by atoms with Gasteiger partial charge in [0.25, 0.3) is 0 Å². The second kappa shape index (κ2) is 4.83. The summed E-state index contributed by atoms with van der Waals surface area (Å²) in [6, 6.07) is 0. The maximum absolute atomic E-state index is 6.09. The smallest absolute Gasteiger partial charge is 0.0226 e. The number of nitrogens with zero attached hydrogens (tertiary/aromatic N) is 1. The zero-order valence-electron chi connectivity index (χ0n) is 11.0. The molecule has 0 amide bonds. The maximum atomic E-state index is 6.09. The Labute approximate surface area is 106 Å². The van der Waals surface area contributed by atoms with Crippen LogP contribution in [0.1, 0.15) is 46.5 Å². The van der Waals surface area contributed by atoms with Gasteiger partial charge in [-0.25, -0.2) is 0 Å². The first-order chi connectivity index (χ1) is 6.89. The van der Waals surface area contributed by atoms with Crippen molar-refractivity contribution < 1.29 is 0 Å². The van der Waals surface area contributed by atoms with Gasteiger partial charge in [0.1, 0.15) is 0 Å². The van der Waals surface area contributed by atoms with Gasteiger partial charge < -0.3 is 10.6 Å². The standard InChI is InChI=1S/C13H26N2.ClH/c1-11-4-5-13(8-11)6-7-15(10-13)9-12(2,3)14;/h11H,4-10,14H2,1-3H3;1H. The average molecular weight is 247 g/mol. The van der Waals surface area contributed by atoms with Crippen molar-refractivity contribution >= 4 is 12.4 Å². The molecule has 1 heterocycles. The van der Waals surface area contributed by atoms with Gasteiger partial charge in [-0.05, 0) is 51.0 Å². The molecule has 2 unspecified atom stereocenters. The molecule has 0 bridgehead atoms. The van der Waals surface area contributed by atoms with Gasteiger partial charge in [0, 0.05) is 18.6 Å². The third-order valence-corrected chi connectivity index (χ3v) is 4.10. The lowest BCUT2D eigenvalue weighted by atomic mass is 9.85. The third kappa shape index (κ3) is 3.35. The molecule has 2 aliphatic rings. The highest BCUT2D eigenvalue weighted by atomic mass is 35.5. The van der Waals surface area contributed by atoms with Crippen molar-refractivity contribution in [1.82, 2.24) is 4.90 Å². The Kier molecular flexibility index (Phi) is 4.31. The molecule has 16 heavy (non-hydrogen) atoms. The highest BCUT2D eigenvalue weighted by Gasteiger charge is 2.43. The van der Waals surface area contributed by atoms with Crippen LogP contribution in [0.25, 0.3) is 0 Å². The number of halogens is 1. The topological polar surface area (TPSA) is 29.3 Å². The van der Waals surface area contributed by atoms with E-state index in [9.17, 15) is 0 Å². The van der Waals surface area contributed by atoms with Gasteiger partial charge in [-0.15, -0.1) is 12.4 Å². The van der Waals surface area contributed by atoms with E-state index in [2.05, 4.69) is 25.7 Å². The minimum absolute atomic E-state index is 0. The molecule has 0 aromatic heterocycles. The third-order valence-electron chi connectivity index (χ3n) is 4.10. The van der Waals surface area contributed by atoms with E-state index in [4.69, 9.17) is 5.73 Å². The number of hydrogen-bond acceptors (Lipinski definition) is 2. The molecule has 1 aliphatic carbocycles. The van der Waals surface area contributed by atoms with E-state index in [1.807, 2.05) is 0 Å². The first-order valence-electron chi connectivity index (χ1n) is 6.40. The van der Waals surface area contributed by atoms with Crippen molar-refractivity contribution in [2.75, 3.05) is 19.6 Å². The summed E-state index contributed by atoms with van der Waals surface area (Å²) in [5, 5.41) is 0. The monoisotopic (exact) mass is 246 g/mol. The van der Waals surface area contributed by atoms with E-state index in [1.54, 1.807) is 0 Å². The molecular weight excluding hydrogens is 220 g/mol. The summed E-state index contributed by atoms with van der Waals surface area (Å²) in [6.45, 7) is 10.3. The van der Waals surface area contributed by atoms with E-state index in [-0.39, 0.29) is 17.9 Å². The van der Waals surface area contributed by atoms with Gasteiger partial charge in [-0.1, -0.05) is 13.3 Å². The minimum atomic E-state index is -0.0320. The van der Waals surface area contributed by atoms with Crippen LogP contribution in [0.15, 0.2) is 0 Å². The van der Waals surface area contributed by atoms with Crippen molar-refractivity contribution in [2.45, 2.75) is 52.0 Å². The summed E-state index contributed by atoms with van der Waals surface area (Å²) in [4.78, 5) is 2.58. The van der Waals surface area contributed by atoms with Crippen LogP contribution in [0.3, 0.4) is 0 Å². The second-order valence-electron chi connectivity index (χ2n) is 6.80. The molecule has 2 atom stereocenters. The van der Waals surface area contributed by atoms with E-state index >= 15 is 0 Å². The molecule has 1 aliphatic heterocycles. The van der Waals surface area contributed by atoms with Crippen molar-refractivity contribution in [3.8, 4) is 0 Å². The Bertz CT molecular complexity index is 237. The van der Waals surface area contributed by atoms with Crippen molar-refractivity contribution in [3.63, 3.8) is 0 Å². The van der Waals surface area contributed by atoms with Gasteiger partial charge in [0.15, 0.2) is 0 Å². The SMILES string of the molecule is CC1CCC2(CCN(CC(C)(C)N)C2)C1.Cl. The Morgan fingerprint density at radius 1 is 1.38 bits per heavy atom. The van der Waals surface area contributed by atoms with Crippen LogP contribution in [-0.4, -0.2) is 30.1 Å². The predicted molar refractivity (Wildman–Crippen MR) is 72.0 cm³/mol.